The van der Waals surface area contributed by atoms with Crippen LogP contribution in [-0.2, 0) is 16.1 Å². The number of carbonyl (C=O) groups excluding carboxylic acids is 3. The molecule has 0 saturated heterocycles. The molecule has 0 unspecified atom stereocenters. The predicted octanol–water partition coefficient (Wildman–Crippen LogP) is 2.88. The van der Waals surface area contributed by atoms with Gasteiger partial charge in [-0.05, 0) is 36.8 Å². The minimum absolute atomic E-state index is 0.0291. The van der Waals surface area contributed by atoms with Gasteiger partial charge in [-0.3, -0.25) is 14.4 Å². The smallest absolute Gasteiger partial charge is 0.244 e. The third-order valence-corrected chi connectivity index (χ3v) is 3.57. The average molecular weight is 324 g/mol. The van der Waals surface area contributed by atoms with Gasteiger partial charge in [-0.15, -0.1) is 0 Å². The molecule has 5 heteroatoms. The van der Waals surface area contributed by atoms with Crippen molar-refractivity contribution in [2.75, 3.05) is 11.9 Å². The normalized spacial score (nSPS) is 10.1. The van der Waals surface area contributed by atoms with Crippen molar-refractivity contribution in [2.45, 2.75) is 20.4 Å². The van der Waals surface area contributed by atoms with Gasteiger partial charge in [0.2, 0.25) is 11.8 Å². The Morgan fingerprint density at radius 1 is 0.917 bits per heavy atom. The Hall–Kier alpha value is -2.95. The lowest BCUT2D eigenvalue weighted by atomic mass is 10.1. The van der Waals surface area contributed by atoms with E-state index in [2.05, 4.69) is 5.32 Å². The van der Waals surface area contributed by atoms with E-state index in [0.29, 0.717) is 17.8 Å². The molecule has 0 aromatic heterocycles. The molecular weight excluding hydrogens is 304 g/mol. The number of nitrogens with one attached hydrogen (secondary N) is 1. The number of nitrogens with zero attached hydrogens (tertiary/aromatic N) is 1. The van der Waals surface area contributed by atoms with Gasteiger partial charge in [0.15, 0.2) is 5.78 Å². The second kappa shape index (κ2) is 8.06. The van der Waals surface area contributed by atoms with E-state index in [9.17, 15) is 14.4 Å². The first-order valence-corrected chi connectivity index (χ1v) is 7.66. The molecule has 0 radical (unpaired) electrons. The SMILES string of the molecule is CC(=O)c1ccc(NC(=O)CN(Cc2ccccc2)C(C)=O)cc1. The van der Waals surface area contributed by atoms with Gasteiger partial charge in [-0.25, -0.2) is 0 Å². The molecule has 0 aliphatic rings. The van der Waals surface area contributed by atoms with Gasteiger partial charge in [0.05, 0.1) is 0 Å². The molecule has 0 aliphatic heterocycles. The first-order valence-electron chi connectivity index (χ1n) is 7.66. The maximum Gasteiger partial charge on any atom is 0.244 e. The van der Waals surface area contributed by atoms with Crippen molar-refractivity contribution in [2.24, 2.45) is 0 Å². The Bertz CT molecular complexity index is 724. The number of Topliss-reactive ketones (excluding diaryl/α,β-unsaturated/α-hetero) is 1. The fourth-order valence-corrected chi connectivity index (χ4v) is 2.24. The van der Waals surface area contributed by atoms with Crippen LogP contribution in [0.5, 0.6) is 0 Å². The molecule has 0 heterocycles. The van der Waals surface area contributed by atoms with E-state index in [0.717, 1.165) is 5.56 Å². The fraction of sp³-hybridized carbons (Fsp3) is 0.211. The van der Waals surface area contributed by atoms with Crippen LogP contribution in [0.4, 0.5) is 5.69 Å². The summed E-state index contributed by atoms with van der Waals surface area (Å²) < 4.78 is 0. The number of benzene rings is 2. The summed E-state index contributed by atoms with van der Waals surface area (Å²) >= 11 is 0. The van der Waals surface area contributed by atoms with Gasteiger partial charge >= 0.3 is 0 Å². The monoisotopic (exact) mass is 324 g/mol. The molecule has 124 valence electrons. The third kappa shape index (κ3) is 5.05. The molecule has 0 atom stereocenters. The lowest BCUT2D eigenvalue weighted by molar-refractivity contribution is -0.133. The van der Waals surface area contributed by atoms with Gasteiger partial charge in [0.1, 0.15) is 6.54 Å². The number of hydrogen-bond donors (Lipinski definition) is 1. The lowest BCUT2D eigenvalue weighted by Gasteiger charge is -2.20. The van der Waals surface area contributed by atoms with E-state index in [1.54, 1.807) is 24.3 Å². The van der Waals surface area contributed by atoms with Crippen molar-refractivity contribution < 1.29 is 14.4 Å². The van der Waals surface area contributed by atoms with Gasteiger partial charge in [0.25, 0.3) is 0 Å². The molecule has 2 amide bonds. The summed E-state index contributed by atoms with van der Waals surface area (Å²) in [4.78, 5) is 36.7. The minimum Gasteiger partial charge on any atom is -0.329 e. The van der Waals surface area contributed by atoms with Crippen LogP contribution in [0.25, 0.3) is 0 Å². The molecule has 0 spiro atoms. The maximum absolute atomic E-state index is 12.2. The van der Waals surface area contributed by atoms with E-state index in [-0.39, 0.29) is 24.1 Å². The first-order chi connectivity index (χ1) is 11.5. The summed E-state index contributed by atoms with van der Waals surface area (Å²) in [7, 11) is 0. The number of rotatable bonds is 6. The molecule has 0 saturated carbocycles. The summed E-state index contributed by atoms with van der Waals surface area (Å²) in [6, 6.07) is 16.2. The largest absolute Gasteiger partial charge is 0.329 e. The first kappa shape index (κ1) is 17.4. The number of amides is 2. The molecule has 1 N–H and O–H groups in total. The van der Waals surface area contributed by atoms with E-state index >= 15 is 0 Å². The van der Waals surface area contributed by atoms with Crippen molar-refractivity contribution in [3.05, 3.63) is 65.7 Å². The van der Waals surface area contributed by atoms with Crippen LogP contribution >= 0.6 is 0 Å². The fourth-order valence-electron chi connectivity index (χ4n) is 2.24. The zero-order valence-corrected chi connectivity index (χ0v) is 13.8. The topological polar surface area (TPSA) is 66.5 Å². The van der Waals surface area contributed by atoms with Crippen molar-refractivity contribution in [3.63, 3.8) is 0 Å². The lowest BCUT2D eigenvalue weighted by Crippen LogP contribution is -2.36. The van der Waals surface area contributed by atoms with E-state index in [1.807, 2.05) is 30.3 Å². The van der Waals surface area contributed by atoms with Crippen LogP contribution in [0.3, 0.4) is 0 Å². The standard InChI is InChI=1S/C19H20N2O3/c1-14(22)17-8-10-18(11-9-17)20-19(24)13-21(15(2)23)12-16-6-4-3-5-7-16/h3-11H,12-13H2,1-2H3,(H,20,24). The highest BCUT2D eigenvalue weighted by Gasteiger charge is 2.14. The summed E-state index contributed by atoms with van der Waals surface area (Å²) in [5.74, 6) is -0.476. The Kier molecular flexibility index (Phi) is 5.84. The second-order valence-electron chi connectivity index (χ2n) is 5.54. The maximum atomic E-state index is 12.2. The Labute approximate surface area is 141 Å². The van der Waals surface area contributed by atoms with Crippen LogP contribution < -0.4 is 5.32 Å². The van der Waals surface area contributed by atoms with Gasteiger partial charge in [0, 0.05) is 24.7 Å². The van der Waals surface area contributed by atoms with Crippen molar-refractivity contribution >= 4 is 23.3 Å². The summed E-state index contributed by atoms with van der Waals surface area (Å²) in [5.41, 5.74) is 2.14. The molecule has 0 aliphatic carbocycles. The highest BCUT2D eigenvalue weighted by Crippen LogP contribution is 2.11. The number of carbonyl (C=O) groups is 3. The molecule has 0 bridgehead atoms. The van der Waals surface area contributed by atoms with Crippen molar-refractivity contribution in [1.82, 2.24) is 4.90 Å². The van der Waals surface area contributed by atoms with Crippen LogP contribution in [-0.4, -0.2) is 29.0 Å². The molecular formula is C19H20N2O3. The molecule has 2 rings (SSSR count). The van der Waals surface area contributed by atoms with Gasteiger partial charge < -0.3 is 10.2 Å². The number of hydrogen-bond acceptors (Lipinski definition) is 3. The highest BCUT2D eigenvalue weighted by atomic mass is 16.2. The number of anilines is 1. The predicted molar refractivity (Wildman–Crippen MR) is 92.6 cm³/mol. The second-order valence-corrected chi connectivity index (χ2v) is 5.54. The average Bonchev–Trinajstić information content (AvgIpc) is 2.55. The number of ketones is 1. The molecule has 2 aromatic rings. The van der Waals surface area contributed by atoms with E-state index < -0.39 is 0 Å². The van der Waals surface area contributed by atoms with Crippen LogP contribution in [0, 0.1) is 0 Å². The Balaban J connectivity index is 1.97. The Morgan fingerprint density at radius 2 is 1.54 bits per heavy atom. The molecule has 0 fully saturated rings. The molecule has 2 aromatic carbocycles. The van der Waals surface area contributed by atoms with Crippen LogP contribution in [0.15, 0.2) is 54.6 Å². The minimum atomic E-state index is -0.281. The summed E-state index contributed by atoms with van der Waals surface area (Å²) in [5, 5.41) is 2.74. The van der Waals surface area contributed by atoms with Crippen molar-refractivity contribution in [1.29, 1.82) is 0 Å². The van der Waals surface area contributed by atoms with Crippen LogP contribution in [0.2, 0.25) is 0 Å². The third-order valence-electron chi connectivity index (χ3n) is 3.57. The van der Waals surface area contributed by atoms with Gasteiger partial charge in [-0.2, -0.15) is 0 Å². The van der Waals surface area contributed by atoms with Crippen molar-refractivity contribution in [3.8, 4) is 0 Å². The van der Waals surface area contributed by atoms with Crippen LogP contribution in [0.1, 0.15) is 29.8 Å². The molecule has 24 heavy (non-hydrogen) atoms. The van der Waals surface area contributed by atoms with E-state index in [4.69, 9.17) is 0 Å². The summed E-state index contributed by atoms with van der Waals surface area (Å²) in [6.07, 6.45) is 0. The highest BCUT2D eigenvalue weighted by molar-refractivity contribution is 5.96. The van der Waals surface area contributed by atoms with Gasteiger partial charge in [-0.1, -0.05) is 30.3 Å². The quantitative estimate of drug-likeness (QED) is 0.831. The van der Waals surface area contributed by atoms with E-state index in [1.165, 1.54) is 18.7 Å². The molecule has 5 nitrogen and oxygen atoms in total. The Morgan fingerprint density at radius 3 is 2.08 bits per heavy atom. The summed E-state index contributed by atoms with van der Waals surface area (Å²) in [6.45, 7) is 3.28. The zero-order chi connectivity index (χ0) is 17.5. The zero-order valence-electron chi connectivity index (χ0n) is 13.8.